The summed E-state index contributed by atoms with van der Waals surface area (Å²) in [5, 5.41) is 12.5. The Morgan fingerprint density at radius 1 is 1.27 bits per heavy atom. The van der Waals surface area contributed by atoms with Gasteiger partial charge in [0.05, 0.1) is 28.6 Å². The fourth-order valence-corrected chi connectivity index (χ4v) is 3.97. The van der Waals surface area contributed by atoms with Crippen LogP contribution in [0.1, 0.15) is 55.9 Å². The standard InChI is InChI=1S/C21H24N8O/c1-20(2)9-14-12(16(30)10-20)6-7-17(24-14)25-18-8-13-15(11-23-18)29(5)26-19(13)21(3,4)27-28-22/h6-8,11H,9-10H2,1-5H3,(H,23,24,25). The smallest absolute Gasteiger partial charge is 0.165 e. The summed E-state index contributed by atoms with van der Waals surface area (Å²) in [6.07, 6.45) is 3.02. The molecule has 0 bridgehead atoms. The highest BCUT2D eigenvalue weighted by Crippen LogP contribution is 2.35. The lowest BCUT2D eigenvalue weighted by molar-refractivity contribution is 0.0910. The highest BCUT2D eigenvalue weighted by Gasteiger charge is 2.32. The molecule has 1 N–H and O–H groups in total. The lowest BCUT2D eigenvalue weighted by atomic mass is 9.76. The van der Waals surface area contributed by atoms with Crippen LogP contribution in [0, 0.1) is 5.41 Å². The van der Waals surface area contributed by atoms with Crippen LogP contribution in [0.3, 0.4) is 0 Å². The van der Waals surface area contributed by atoms with Crippen LogP contribution in [0.5, 0.6) is 0 Å². The van der Waals surface area contributed by atoms with E-state index in [1.54, 1.807) is 16.9 Å². The average molecular weight is 404 g/mol. The second kappa shape index (κ2) is 6.81. The zero-order valence-electron chi connectivity index (χ0n) is 17.8. The number of ketones is 1. The van der Waals surface area contributed by atoms with Gasteiger partial charge in [-0.3, -0.25) is 9.48 Å². The molecule has 3 aromatic rings. The van der Waals surface area contributed by atoms with Gasteiger partial charge in [0.25, 0.3) is 0 Å². The van der Waals surface area contributed by atoms with Crippen LogP contribution >= 0.6 is 0 Å². The minimum absolute atomic E-state index is 0.0929. The summed E-state index contributed by atoms with van der Waals surface area (Å²) in [6, 6.07) is 5.51. The number of aryl methyl sites for hydroxylation is 1. The monoisotopic (exact) mass is 404 g/mol. The number of Topliss-reactive ketones (excluding diaryl/α,β-unsaturated/α-hetero) is 1. The van der Waals surface area contributed by atoms with Gasteiger partial charge in [0.15, 0.2) is 5.78 Å². The quantitative estimate of drug-likeness (QED) is 0.380. The van der Waals surface area contributed by atoms with Crippen molar-refractivity contribution in [1.82, 2.24) is 19.7 Å². The number of nitrogens with one attached hydrogen (secondary N) is 1. The molecule has 30 heavy (non-hydrogen) atoms. The van der Waals surface area contributed by atoms with Crippen molar-refractivity contribution in [2.75, 3.05) is 5.32 Å². The fourth-order valence-electron chi connectivity index (χ4n) is 3.97. The summed E-state index contributed by atoms with van der Waals surface area (Å²) in [5.74, 6) is 1.37. The molecular formula is C21H24N8O. The third-order valence-corrected chi connectivity index (χ3v) is 5.43. The van der Waals surface area contributed by atoms with Crippen LogP contribution in [0.15, 0.2) is 29.5 Å². The van der Waals surface area contributed by atoms with Gasteiger partial charge in [-0.05, 0) is 49.4 Å². The number of hydrogen-bond donors (Lipinski definition) is 1. The van der Waals surface area contributed by atoms with Crippen molar-refractivity contribution >= 4 is 28.3 Å². The first-order valence-electron chi connectivity index (χ1n) is 9.79. The van der Waals surface area contributed by atoms with Gasteiger partial charge in [-0.15, -0.1) is 0 Å². The van der Waals surface area contributed by atoms with Crippen LogP contribution in [-0.2, 0) is 19.0 Å². The third kappa shape index (κ3) is 3.48. The number of carbonyl (C=O) groups is 1. The molecular weight excluding hydrogens is 380 g/mol. The van der Waals surface area contributed by atoms with Crippen molar-refractivity contribution in [1.29, 1.82) is 0 Å². The Balaban J connectivity index is 1.72. The lowest BCUT2D eigenvalue weighted by Crippen LogP contribution is -2.28. The van der Waals surface area contributed by atoms with Gasteiger partial charge in [-0.2, -0.15) is 5.10 Å². The van der Waals surface area contributed by atoms with Crippen LogP contribution in [-0.4, -0.2) is 25.5 Å². The van der Waals surface area contributed by atoms with E-state index in [1.165, 1.54) is 0 Å². The van der Waals surface area contributed by atoms with Gasteiger partial charge in [-0.1, -0.05) is 19.0 Å². The Kier molecular flexibility index (Phi) is 4.51. The molecule has 0 atom stereocenters. The van der Waals surface area contributed by atoms with Crippen molar-refractivity contribution < 1.29 is 4.79 Å². The maximum atomic E-state index is 12.4. The highest BCUT2D eigenvalue weighted by molar-refractivity contribution is 5.98. The molecule has 1 aliphatic carbocycles. The minimum Gasteiger partial charge on any atom is -0.325 e. The minimum atomic E-state index is -0.803. The molecule has 3 aromatic heterocycles. The van der Waals surface area contributed by atoms with Crippen LogP contribution < -0.4 is 5.32 Å². The molecule has 9 nitrogen and oxygen atoms in total. The lowest BCUT2D eigenvalue weighted by Gasteiger charge is -2.29. The SMILES string of the molecule is Cn1nc(C(C)(C)N=[N+]=[N-])c2cc(Nc3ccc4c(n3)CC(C)(C)CC4=O)ncc21. The molecule has 0 amide bonds. The number of aromatic nitrogens is 4. The first kappa shape index (κ1) is 19.8. The fraction of sp³-hybridized carbons (Fsp3) is 0.429. The van der Waals surface area contributed by atoms with E-state index in [2.05, 4.69) is 44.3 Å². The van der Waals surface area contributed by atoms with E-state index in [1.807, 2.05) is 33.0 Å². The molecule has 0 aliphatic heterocycles. The van der Waals surface area contributed by atoms with E-state index in [9.17, 15) is 4.79 Å². The van der Waals surface area contributed by atoms with Crippen LogP contribution in [0.4, 0.5) is 11.6 Å². The maximum Gasteiger partial charge on any atom is 0.165 e. The summed E-state index contributed by atoms with van der Waals surface area (Å²) in [7, 11) is 1.83. The number of anilines is 2. The third-order valence-electron chi connectivity index (χ3n) is 5.43. The van der Waals surface area contributed by atoms with Gasteiger partial charge in [0.2, 0.25) is 0 Å². The van der Waals surface area contributed by atoms with E-state index < -0.39 is 5.54 Å². The molecule has 0 aromatic carbocycles. The maximum absolute atomic E-state index is 12.4. The summed E-state index contributed by atoms with van der Waals surface area (Å²) in [4.78, 5) is 24.5. The highest BCUT2D eigenvalue weighted by atomic mass is 16.1. The average Bonchev–Trinajstić information content (AvgIpc) is 2.97. The molecule has 0 saturated carbocycles. The Hall–Kier alpha value is -3.45. The van der Waals surface area contributed by atoms with Gasteiger partial charge >= 0.3 is 0 Å². The van der Waals surface area contributed by atoms with Gasteiger partial charge in [0.1, 0.15) is 11.6 Å². The number of fused-ring (bicyclic) bond motifs is 2. The molecule has 0 spiro atoms. The molecule has 4 rings (SSSR count). The van der Waals surface area contributed by atoms with Crippen LogP contribution in [0.25, 0.3) is 21.3 Å². The predicted octanol–water partition coefficient (Wildman–Crippen LogP) is 4.81. The largest absolute Gasteiger partial charge is 0.325 e. The Labute approximate surface area is 174 Å². The topological polar surface area (TPSA) is 121 Å². The van der Waals surface area contributed by atoms with Crippen LogP contribution in [0.2, 0.25) is 0 Å². The molecule has 9 heteroatoms. The molecule has 0 fully saturated rings. The van der Waals surface area contributed by atoms with Gasteiger partial charge in [0, 0.05) is 29.3 Å². The Bertz CT molecular complexity index is 1220. The Morgan fingerprint density at radius 2 is 2.03 bits per heavy atom. The van der Waals surface area contributed by atoms with Gasteiger partial charge < -0.3 is 5.32 Å². The van der Waals surface area contributed by atoms with E-state index in [0.717, 1.165) is 23.0 Å². The second-order valence-corrected chi connectivity index (χ2v) is 9.06. The summed E-state index contributed by atoms with van der Waals surface area (Å²) < 4.78 is 1.72. The number of pyridine rings is 2. The number of rotatable bonds is 4. The Morgan fingerprint density at radius 3 is 2.77 bits per heavy atom. The zero-order valence-corrected chi connectivity index (χ0v) is 17.8. The first-order chi connectivity index (χ1) is 14.1. The first-order valence-corrected chi connectivity index (χ1v) is 9.79. The van der Waals surface area contributed by atoms with E-state index in [4.69, 9.17) is 5.53 Å². The summed E-state index contributed by atoms with van der Waals surface area (Å²) >= 11 is 0. The predicted molar refractivity (Wildman–Crippen MR) is 115 cm³/mol. The van der Waals surface area contributed by atoms with Crippen molar-refractivity contribution in [3.63, 3.8) is 0 Å². The van der Waals surface area contributed by atoms with Crippen molar-refractivity contribution in [3.05, 3.63) is 51.8 Å². The number of nitrogens with zero attached hydrogens (tertiary/aromatic N) is 7. The van der Waals surface area contributed by atoms with Crippen molar-refractivity contribution in [3.8, 4) is 0 Å². The molecule has 0 unspecified atom stereocenters. The molecule has 3 heterocycles. The molecule has 154 valence electrons. The van der Waals surface area contributed by atoms with E-state index >= 15 is 0 Å². The van der Waals surface area contributed by atoms with Crippen molar-refractivity contribution in [2.45, 2.75) is 46.1 Å². The molecule has 1 aliphatic rings. The van der Waals surface area contributed by atoms with E-state index in [-0.39, 0.29) is 11.2 Å². The second-order valence-electron chi connectivity index (χ2n) is 9.06. The normalized spacial score (nSPS) is 15.6. The van der Waals surface area contributed by atoms with E-state index in [0.29, 0.717) is 29.3 Å². The number of azide groups is 1. The number of hydrogen-bond acceptors (Lipinski definition) is 6. The zero-order chi connectivity index (χ0) is 21.7. The summed E-state index contributed by atoms with van der Waals surface area (Å²) in [5.41, 5.74) is 11.0. The van der Waals surface area contributed by atoms with Crippen molar-refractivity contribution in [2.24, 2.45) is 17.6 Å². The number of carbonyl (C=O) groups excluding carboxylic acids is 1. The van der Waals surface area contributed by atoms with Gasteiger partial charge in [-0.25, -0.2) is 9.97 Å². The molecule has 0 saturated heterocycles. The summed E-state index contributed by atoms with van der Waals surface area (Å²) in [6.45, 7) is 7.82. The molecule has 0 radical (unpaired) electrons.